The molecule has 1 aromatic heterocycles. The van der Waals surface area contributed by atoms with Crippen molar-refractivity contribution in [3.05, 3.63) is 17.6 Å². The van der Waals surface area contributed by atoms with Crippen LogP contribution in [0, 0.1) is 11.2 Å². The molecule has 0 saturated heterocycles. The minimum Gasteiger partial charge on any atom is -0.406 e. The van der Waals surface area contributed by atoms with E-state index >= 15 is 0 Å². The lowest BCUT2D eigenvalue weighted by Crippen LogP contribution is -1.72. The van der Waals surface area contributed by atoms with Crippen molar-refractivity contribution >= 4 is 12.2 Å². The Hall–Kier alpha value is -0.770. The minimum absolute atomic E-state index is 0.162. The molecule has 4 heteroatoms. The fourth-order valence-electron chi connectivity index (χ4n) is 0.191. The SMILES string of the molecule is S=c1ncn[c]o1. The summed E-state index contributed by atoms with van der Waals surface area (Å²) in [4.78, 5) is 7.02. The molecule has 0 aliphatic heterocycles. The van der Waals surface area contributed by atoms with Crippen molar-refractivity contribution in [3.63, 3.8) is 0 Å². The quantitative estimate of drug-likeness (QED) is 0.462. The average Bonchev–Trinajstić information content (AvgIpc) is 1.69. The molecule has 35 valence electrons. The second-order valence-electron chi connectivity index (χ2n) is 0.833. The average molecular weight is 113 g/mol. The number of nitrogens with zero attached hydrogens (tertiary/aromatic N) is 2. The third-order valence-corrected chi connectivity index (χ3v) is 0.595. The predicted octanol–water partition coefficient (Wildman–Crippen LogP) is 0.599. The van der Waals surface area contributed by atoms with E-state index in [-0.39, 0.29) is 4.84 Å². The summed E-state index contributed by atoms with van der Waals surface area (Å²) in [6.45, 7) is 0. The molecule has 0 amide bonds. The molecule has 3 nitrogen and oxygen atoms in total. The van der Waals surface area contributed by atoms with Gasteiger partial charge in [-0.25, -0.2) is 0 Å². The van der Waals surface area contributed by atoms with E-state index in [4.69, 9.17) is 0 Å². The molecule has 1 aromatic rings. The van der Waals surface area contributed by atoms with Crippen LogP contribution in [0.25, 0.3) is 0 Å². The van der Waals surface area contributed by atoms with E-state index in [1.54, 1.807) is 0 Å². The Morgan fingerprint density at radius 3 is 3.00 bits per heavy atom. The van der Waals surface area contributed by atoms with Crippen LogP contribution in [-0.4, -0.2) is 9.97 Å². The first-order valence-electron chi connectivity index (χ1n) is 1.58. The minimum atomic E-state index is 0.162. The summed E-state index contributed by atoms with van der Waals surface area (Å²) >= 11 is 4.46. The maximum atomic E-state index is 4.46. The largest absolute Gasteiger partial charge is 0.406 e. The zero-order valence-corrected chi connectivity index (χ0v) is 4.10. The second kappa shape index (κ2) is 1.79. The standard InChI is InChI=1S/C3HN2OS/c7-3-5-1-4-2-6-3/h1H. The van der Waals surface area contributed by atoms with Gasteiger partial charge in [0.25, 0.3) is 11.2 Å². The molecule has 0 N–H and O–H groups in total. The maximum Gasteiger partial charge on any atom is 0.291 e. The van der Waals surface area contributed by atoms with Gasteiger partial charge in [-0.3, -0.25) is 0 Å². The second-order valence-corrected chi connectivity index (χ2v) is 1.18. The number of hydrogen-bond acceptors (Lipinski definition) is 4. The van der Waals surface area contributed by atoms with Gasteiger partial charge in [0.05, 0.1) is 0 Å². The molecule has 7 heavy (non-hydrogen) atoms. The van der Waals surface area contributed by atoms with Crippen LogP contribution in [0.4, 0.5) is 0 Å². The molecule has 0 aromatic carbocycles. The van der Waals surface area contributed by atoms with Gasteiger partial charge >= 0.3 is 0 Å². The van der Waals surface area contributed by atoms with Crippen LogP contribution in [0.15, 0.2) is 10.7 Å². The van der Waals surface area contributed by atoms with E-state index in [9.17, 15) is 0 Å². The lowest BCUT2D eigenvalue weighted by molar-refractivity contribution is 0.476. The summed E-state index contributed by atoms with van der Waals surface area (Å²) in [7, 11) is 0. The Morgan fingerprint density at radius 2 is 2.71 bits per heavy atom. The Labute approximate surface area is 45.0 Å². The van der Waals surface area contributed by atoms with Gasteiger partial charge in [0, 0.05) is 0 Å². The Kier molecular flexibility index (Phi) is 1.12. The molecule has 1 radical (unpaired) electrons. The normalized spacial score (nSPS) is 8.57. The molecule has 0 atom stereocenters. The highest BCUT2D eigenvalue weighted by atomic mass is 32.1. The summed E-state index contributed by atoms with van der Waals surface area (Å²) < 4.78 is 4.39. The number of aromatic nitrogens is 2. The van der Waals surface area contributed by atoms with Crippen LogP contribution >= 0.6 is 12.2 Å². The van der Waals surface area contributed by atoms with E-state index in [1.807, 2.05) is 0 Å². The van der Waals surface area contributed by atoms with E-state index in [1.165, 1.54) is 6.33 Å². The zero-order valence-electron chi connectivity index (χ0n) is 3.29. The molecule has 0 aliphatic carbocycles. The molecule has 1 heterocycles. The highest BCUT2D eigenvalue weighted by Crippen LogP contribution is 1.75. The van der Waals surface area contributed by atoms with Crippen LogP contribution in [0.3, 0.4) is 0 Å². The maximum absolute atomic E-state index is 4.46. The molecule has 1 rings (SSSR count). The first kappa shape index (κ1) is 4.39. The number of hydrogen-bond donors (Lipinski definition) is 0. The molecular formula is C3HN2OS. The van der Waals surface area contributed by atoms with Crippen LogP contribution < -0.4 is 0 Å². The number of rotatable bonds is 0. The lowest BCUT2D eigenvalue weighted by atomic mass is 11.2. The fraction of sp³-hybridized carbons (Fsp3) is 0. The highest BCUT2D eigenvalue weighted by Gasteiger charge is 1.72. The van der Waals surface area contributed by atoms with E-state index in [2.05, 4.69) is 33.0 Å². The van der Waals surface area contributed by atoms with Crippen molar-refractivity contribution in [1.29, 1.82) is 0 Å². The Bertz CT molecular complexity index is 179. The first-order valence-corrected chi connectivity index (χ1v) is 1.98. The molecular weight excluding hydrogens is 112 g/mol. The van der Waals surface area contributed by atoms with Gasteiger partial charge in [0.15, 0.2) is 0 Å². The van der Waals surface area contributed by atoms with Crippen molar-refractivity contribution in [2.45, 2.75) is 0 Å². The summed E-state index contributed by atoms with van der Waals surface area (Å²) in [5, 5.41) is 0. The predicted molar refractivity (Wildman–Crippen MR) is 24.0 cm³/mol. The summed E-state index contributed by atoms with van der Waals surface area (Å²) in [5.41, 5.74) is 0. The Morgan fingerprint density at radius 1 is 1.86 bits per heavy atom. The third-order valence-electron chi connectivity index (χ3n) is 0.407. The molecule has 0 saturated carbocycles. The molecule has 0 aliphatic rings. The van der Waals surface area contributed by atoms with Crippen molar-refractivity contribution in [1.82, 2.24) is 9.97 Å². The smallest absolute Gasteiger partial charge is 0.291 e. The summed E-state index contributed by atoms with van der Waals surface area (Å²) in [5.74, 6) is 0. The third kappa shape index (κ3) is 1.04. The van der Waals surface area contributed by atoms with Gasteiger partial charge in [-0.15, -0.1) is 0 Å². The van der Waals surface area contributed by atoms with Gasteiger partial charge < -0.3 is 4.42 Å². The summed E-state index contributed by atoms with van der Waals surface area (Å²) in [6, 6.07) is 0. The summed E-state index contributed by atoms with van der Waals surface area (Å²) in [6.07, 6.45) is 3.45. The van der Waals surface area contributed by atoms with Gasteiger partial charge in [-0.1, -0.05) is 0 Å². The van der Waals surface area contributed by atoms with Crippen molar-refractivity contribution in [3.8, 4) is 0 Å². The van der Waals surface area contributed by atoms with Crippen LogP contribution in [0.1, 0.15) is 0 Å². The van der Waals surface area contributed by atoms with Crippen LogP contribution in [-0.2, 0) is 0 Å². The van der Waals surface area contributed by atoms with Gasteiger partial charge in [0.1, 0.15) is 6.33 Å². The van der Waals surface area contributed by atoms with Crippen molar-refractivity contribution < 1.29 is 4.42 Å². The van der Waals surface area contributed by atoms with Crippen LogP contribution in [0.5, 0.6) is 0 Å². The Balaban J connectivity index is 3.28. The van der Waals surface area contributed by atoms with E-state index in [0.29, 0.717) is 0 Å². The lowest BCUT2D eigenvalue weighted by Gasteiger charge is -1.72. The van der Waals surface area contributed by atoms with Gasteiger partial charge in [-0.05, 0) is 12.2 Å². The highest BCUT2D eigenvalue weighted by molar-refractivity contribution is 7.71. The zero-order chi connectivity index (χ0) is 5.11. The topological polar surface area (TPSA) is 38.9 Å². The van der Waals surface area contributed by atoms with Crippen LogP contribution in [0.2, 0.25) is 0 Å². The van der Waals surface area contributed by atoms with Crippen molar-refractivity contribution in [2.24, 2.45) is 0 Å². The monoisotopic (exact) mass is 113 g/mol. The molecule has 0 unspecified atom stereocenters. The molecule has 0 spiro atoms. The molecule has 0 bridgehead atoms. The van der Waals surface area contributed by atoms with Crippen molar-refractivity contribution in [2.75, 3.05) is 0 Å². The first-order chi connectivity index (χ1) is 3.39. The van der Waals surface area contributed by atoms with E-state index in [0.717, 1.165) is 0 Å². The van der Waals surface area contributed by atoms with E-state index < -0.39 is 0 Å². The molecule has 0 fully saturated rings. The fourth-order valence-corrected chi connectivity index (χ4v) is 0.276. The van der Waals surface area contributed by atoms with Gasteiger partial charge in [0.2, 0.25) is 0 Å². The van der Waals surface area contributed by atoms with Gasteiger partial charge in [-0.2, -0.15) is 9.97 Å².